The summed E-state index contributed by atoms with van der Waals surface area (Å²) in [6, 6.07) is 14.1. The molecule has 0 unspecified atom stereocenters. The molecule has 0 amide bonds. The number of ether oxygens (including phenoxy) is 2. The van der Waals surface area contributed by atoms with Crippen LogP contribution in [-0.2, 0) is 6.61 Å². The molecule has 0 atom stereocenters. The second-order valence-corrected chi connectivity index (χ2v) is 6.23. The number of hydrogen-bond donors (Lipinski definition) is 0. The van der Waals surface area contributed by atoms with Crippen molar-refractivity contribution in [1.29, 1.82) is 0 Å². The molecule has 0 aliphatic carbocycles. The highest BCUT2D eigenvalue weighted by Gasteiger charge is 2.25. The van der Waals surface area contributed by atoms with Crippen molar-refractivity contribution in [2.75, 3.05) is 7.11 Å². The van der Waals surface area contributed by atoms with Crippen molar-refractivity contribution in [3.05, 3.63) is 59.8 Å². The van der Waals surface area contributed by atoms with Crippen LogP contribution < -0.4 is 9.47 Å². The summed E-state index contributed by atoms with van der Waals surface area (Å²) in [4.78, 5) is 9.52. The van der Waals surface area contributed by atoms with Crippen molar-refractivity contribution in [3.8, 4) is 22.8 Å². The van der Waals surface area contributed by atoms with Gasteiger partial charge in [-0.15, -0.1) is 0 Å². The fraction of sp³-hybridized carbons (Fsp3) is 0.143. The Balaban J connectivity index is 1.89. The van der Waals surface area contributed by atoms with Gasteiger partial charge in [0.05, 0.1) is 30.0 Å². The van der Waals surface area contributed by atoms with Gasteiger partial charge in [-0.1, -0.05) is 24.3 Å². The highest BCUT2D eigenvalue weighted by atomic mass is 16.5. The van der Waals surface area contributed by atoms with E-state index >= 15 is 0 Å². The molecule has 0 spiro atoms. The van der Waals surface area contributed by atoms with Crippen LogP contribution in [0.15, 0.2) is 48.7 Å². The summed E-state index contributed by atoms with van der Waals surface area (Å²) in [6.07, 6.45) is 1.86. The Morgan fingerprint density at radius 1 is 1.04 bits per heavy atom. The molecule has 1 aliphatic heterocycles. The Labute approximate surface area is 145 Å². The van der Waals surface area contributed by atoms with E-state index in [0.717, 1.165) is 50.1 Å². The second kappa shape index (κ2) is 5.18. The van der Waals surface area contributed by atoms with E-state index in [1.54, 1.807) is 7.11 Å². The summed E-state index contributed by atoms with van der Waals surface area (Å²) < 4.78 is 11.5. The summed E-state index contributed by atoms with van der Waals surface area (Å²) in [5, 5.41) is 2.28. The molecule has 0 saturated carbocycles. The van der Waals surface area contributed by atoms with Crippen molar-refractivity contribution >= 4 is 21.8 Å². The summed E-state index contributed by atoms with van der Waals surface area (Å²) in [5.74, 6) is 1.50. The van der Waals surface area contributed by atoms with Crippen LogP contribution in [0, 0.1) is 6.92 Å². The topological polar surface area (TPSA) is 44.2 Å². The van der Waals surface area contributed by atoms with Crippen LogP contribution in [0.4, 0.5) is 0 Å². The maximum absolute atomic E-state index is 6.03. The van der Waals surface area contributed by atoms with Crippen LogP contribution in [-0.4, -0.2) is 17.1 Å². The first-order valence-corrected chi connectivity index (χ1v) is 8.25. The minimum absolute atomic E-state index is 0.494. The number of pyridine rings is 2. The molecule has 122 valence electrons. The van der Waals surface area contributed by atoms with E-state index in [4.69, 9.17) is 14.5 Å². The van der Waals surface area contributed by atoms with E-state index in [1.165, 1.54) is 5.56 Å². The van der Waals surface area contributed by atoms with E-state index in [-0.39, 0.29) is 0 Å². The molecule has 0 fully saturated rings. The third-order valence-corrected chi connectivity index (χ3v) is 4.92. The Morgan fingerprint density at radius 2 is 1.92 bits per heavy atom. The first-order valence-electron chi connectivity index (χ1n) is 8.25. The highest BCUT2D eigenvalue weighted by Crippen LogP contribution is 2.44. The third-order valence-electron chi connectivity index (χ3n) is 4.92. The average molecular weight is 328 g/mol. The molecule has 3 heterocycles. The maximum Gasteiger partial charge on any atom is 0.171 e. The molecule has 4 nitrogen and oxygen atoms in total. The lowest BCUT2D eigenvalue weighted by Crippen LogP contribution is -2.10. The molecule has 4 aromatic rings. The predicted molar refractivity (Wildman–Crippen MR) is 98.1 cm³/mol. The first-order chi connectivity index (χ1) is 12.3. The molecule has 0 N–H and O–H groups in total. The number of aryl methyl sites for hydroxylation is 1. The molecule has 25 heavy (non-hydrogen) atoms. The average Bonchev–Trinajstić information content (AvgIpc) is 2.67. The number of fused-ring (bicyclic) bond motifs is 6. The fourth-order valence-electron chi connectivity index (χ4n) is 3.68. The standard InChI is InChI=1S/C21H16N2O2/c1-12-15-11-25-21-14(7-5-9-18(21)24-2)20(15)23-17-10-22-16-8-4-3-6-13(16)19(12)17/h3-10H,11H2,1-2H3. The van der Waals surface area contributed by atoms with E-state index in [2.05, 4.69) is 18.0 Å². The summed E-state index contributed by atoms with van der Waals surface area (Å²) in [7, 11) is 1.66. The number of nitrogens with zero attached hydrogens (tertiary/aromatic N) is 2. The smallest absolute Gasteiger partial charge is 0.171 e. The van der Waals surface area contributed by atoms with Crippen molar-refractivity contribution in [1.82, 2.24) is 9.97 Å². The third kappa shape index (κ3) is 1.94. The molecule has 0 bridgehead atoms. The van der Waals surface area contributed by atoms with E-state index in [0.29, 0.717) is 6.61 Å². The van der Waals surface area contributed by atoms with Crippen molar-refractivity contribution in [2.45, 2.75) is 13.5 Å². The number of methoxy groups -OCH3 is 1. The normalized spacial score (nSPS) is 12.6. The van der Waals surface area contributed by atoms with Gasteiger partial charge in [-0.2, -0.15) is 0 Å². The first kappa shape index (κ1) is 14.2. The van der Waals surface area contributed by atoms with Gasteiger partial charge < -0.3 is 9.47 Å². The largest absolute Gasteiger partial charge is 0.493 e. The molecule has 2 aromatic carbocycles. The maximum atomic E-state index is 6.03. The quantitative estimate of drug-likeness (QED) is 0.477. The van der Waals surface area contributed by atoms with Crippen molar-refractivity contribution in [3.63, 3.8) is 0 Å². The fourth-order valence-corrected chi connectivity index (χ4v) is 3.68. The Morgan fingerprint density at radius 3 is 2.80 bits per heavy atom. The van der Waals surface area contributed by atoms with Crippen molar-refractivity contribution in [2.24, 2.45) is 0 Å². The lowest BCUT2D eigenvalue weighted by atomic mass is 9.94. The van der Waals surface area contributed by atoms with E-state index < -0.39 is 0 Å². The lowest BCUT2D eigenvalue weighted by Gasteiger charge is -2.24. The molecular formula is C21H16N2O2. The van der Waals surface area contributed by atoms with Crippen LogP contribution in [0.1, 0.15) is 11.1 Å². The van der Waals surface area contributed by atoms with Crippen LogP contribution in [0.3, 0.4) is 0 Å². The Hall–Kier alpha value is -3.14. The molecule has 1 aliphatic rings. The summed E-state index contributed by atoms with van der Waals surface area (Å²) in [6.45, 7) is 2.64. The van der Waals surface area contributed by atoms with Crippen molar-refractivity contribution < 1.29 is 9.47 Å². The second-order valence-electron chi connectivity index (χ2n) is 6.23. The monoisotopic (exact) mass is 328 g/mol. The zero-order valence-corrected chi connectivity index (χ0v) is 14.0. The Kier molecular flexibility index (Phi) is 2.95. The number of rotatable bonds is 1. The molecule has 4 heteroatoms. The molecule has 2 aromatic heterocycles. The number of hydrogen-bond acceptors (Lipinski definition) is 4. The van der Waals surface area contributed by atoms with Gasteiger partial charge in [0, 0.05) is 21.9 Å². The predicted octanol–water partition coefficient (Wildman–Crippen LogP) is 4.66. The van der Waals surface area contributed by atoms with Crippen LogP contribution >= 0.6 is 0 Å². The van der Waals surface area contributed by atoms with Crippen LogP contribution in [0.5, 0.6) is 11.5 Å². The zero-order chi connectivity index (χ0) is 17.0. The number of benzene rings is 2. The molecule has 5 rings (SSSR count). The van der Waals surface area contributed by atoms with Gasteiger partial charge in [0.1, 0.15) is 6.61 Å². The SMILES string of the molecule is COc1cccc2c1OCc1c-2nc2cnc3ccccc3c2c1C. The molecular weight excluding hydrogens is 312 g/mol. The highest BCUT2D eigenvalue weighted by molar-refractivity contribution is 6.07. The minimum atomic E-state index is 0.494. The van der Waals surface area contributed by atoms with Crippen LogP contribution in [0.25, 0.3) is 33.1 Å². The minimum Gasteiger partial charge on any atom is -0.493 e. The number of aromatic nitrogens is 2. The molecule has 0 radical (unpaired) electrons. The van der Waals surface area contributed by atoms with Gasteiger partial charge >= 0.3 is 0 Å². The van der Waals surface area contributed by atoms with Gasteiger partial charge in [0.2, 0.25) is 0 Å². The molecule has 0 saturated heterocycles. The Bertz CT molecular complexity index is 1150. The summed E-state index contributed by atoms with van der Waals surface area (Å²) >= 11 is 0. The van der Waals surface area contributed by atoms with Crippen LogP contribution in [0.2, 0.25) is 0 Å². The zero-order valence-electron chi connectivity index (χ0n) is 14.0. The lowest BCUT2D eigenvalue weighted by molar-refractivity contribution is 0.280. The number of para-hydroxylation sites is 2. The van der Waals surface area contributed by atoms with Gasteiger partial charge in [-0.05, 0) is 30.7 Å². The van der Waals surface area contributed by atoms with Gasteiger partial charge in [-0.3, -0.25) is 4.98 Å². The van der Waals surface area contributed by atoms with Gasteiger partial charge in [-0.25, -0.2) is 4.98 Å². The van der Waals surface area contributed by atoms with E-state index in [9.17, 15) is 0 Å². The van der Waals surface area contributed by atoms with E-state index in [1.807, 2.05) is 42.6 Å². The van der Waals surface area contributed by atoms with Gasteiger partial charge in [0.25, 0.3) is 0 Å². The van der Waals surface area contributed by atoms with Gasteiger partial charge in [0.15, 0.2) is 11.5 Å². The summed E-state index contributed by atoms with van der Waals surface area (Å²) in [5.41, 5.74) is 6.15.